The fraction of sp³-hybridized carbons (Fsp3) is 0.0714. The summed E-state index contributed by atoms with van der Waals surface area (Å²) in [5.74, 6) is -1.38. The molecule has 98 valence electrons. The van der Waals surface area contributed by atoms with Crippen LogP contribution in [0.3, 0.4) is 0 Å². The predicted octanol–water partition coefficient (Wildman–Crippen LogP) is 3.30. The molecule has 2 rings (SSSR count). The smallest absolute Gasteiger partial charge is 0.251 e. The monoisotopic (exact) mass is 322 g/mol. The van der Waals surface area contributed by atoms with E-state index in [0.29, 0.717) is 12.2 Å². The number of benzene rings is 2. The summed E-state index contributed by atoms with van der Waals surface area (Å²) in [6.07, 6.45) is 0. The minimum atomic E-state index is -0.773. The van der Waals surface area contributed by atoms with Crippen molar-refractivity contribution >= 4 is 27.5 Å². The first-order valence-corrected chi connectivity index (χ1v) is 6.43. The zero-order valence-corrected chi connectivity index (χ0v) is 11.6. The first-order valence-electron chi connectivity index (χ1n) is 5.64. The van der Waals surface area contributed by atoms with E-state index in [1.807, 2.05) is 24.3 Å². The molecule has 0 aromatic heterocycles. The lowest BCUT2D eigenvalue weighted by Crippen LogP contribution is -2.13. The van der Waals surface area contributed by atoms with Gasteiger partial charge in [-0.15, -0.1) is 0 Å². The summed E-state index contributed by atoms with van der Waals surface area (Å²) in [7, 11) is 0. The predicted molar refractivity (Wildman–Crippen MR) is 76.4 cm³/mol. The molecule has 0 aliphatic carbocycles. The number of rotatable bonds is 4. The second-order valence-corrected chi connectivity index (χ2v) is 4.95. The van der Waals surface area contributed by atoms with Crippen molar-refractivity contribution in [1.29, 1.82) is 0 Å². The van der Waals surface area contributed by atoms with Gasteiger partial charge in [-0.3, -0.25) is 4.79 Å². The van der Waals surface area contributed by atoms with E-state index in [4.69, 9.17) is 5.73 Å². The van der Waals surface area contributed by atoms with E-state index >= 15 is 0 Å². The molecule has 0 aliphatic rings. The van der Waals surface area contributed by atoms with Gasteiger partial charge < -0.3 is 11.1 Å². The lowest BCUT2D eigenvalue weighted by Gasteiger charge is -2.08. The van der Waals surface area contributed by atoms with E-state index in [2.05, 4.69) is 21.2 Å². The molecule has 2 aromatic carbocycles. The number of anilines is 1. The molecule has 19 heavy (non-hydrogen) atoms. The van der Waals surface area contributed by atoms with Crippen molar-refractivity contribution < 1.29 is 9.18 Å². The van der Waals surface area contributed by atoms with E-state index in [1.165, 1.54) is 12.1 Å². The second kappa shape index (κ2) is 5.84. The SMILES string of the molecule is NC(=O)c1cc(NCc2ccc(Br)cc2)ccc1F. The molecule has 0 bridgehead atoms. The Morgan fingerprint density at radius 2 is 1.89 bits per heavy atom. The van der Waals surface area contributed by atoms with Crippen molar-refractivity contribution in [3.63, 3.8) is 0 Å². The zero-order valence-electron chi connectivity index (χ0n) is 9.99. The van der Waals surface area contributed by atoms with Crippen molar-refractivity contribution in [3.05, 3.63) is 63.9 Å². The Labute approximate surface area is 118 Å². The molecule has 0 atom stereocenters. The maximum Gasteiger partial charge on any atom is 0.251 e. The fourth-order valence-electron chi connectivity index (χ4n) is 1.63. The van der Waals surface area contributed by atoms with Gasteiger partial charge in [0, 0.05) is 16.7 Å². The van der Waals surface area contributed by atoms with E-state index < -0.39 is 11.7 Å². The Morgan fingerprint density at radius 1 is 1.21 bits per heavy atom. The van der Waals surface area contributed by atoms with Crippen LogP contribution in [0, 0.1) is 5.82 Å². The summed E-state index contributed by atoms with van der Waals surface area (Å²) in [5.41, 5.74) is 6.71. The lowest BCUT2D eigenvalue weighted by molar-refractivity contribution is 0.0996. The number of primary amides is 1. The Balaban J connectivity index is 2.09. The number of nitrogens with one attached hydrogen (secondary N) is 1. The normalized spacial score (nSPS) is 10.2. The average Bonchev–Trinajstić information content (AvgIpc) is 2.39. The van der Waals surface area contributed by atoms with Crippen molar-refractivity contribution in [2.24, 2.45) is 5.73 Å². The summed E-state index contributed by atoms with van der Waals surface area (Å²) in [6.45, 7) is 0.580. The Kier molecular flexibility index (Phi) is 4.16. The highest BCUT2D eigenvalue weighted by molar-refractivity contribution is 9.10. The molecular formula is C14H12BrFN2O. The average molecular weight is 323 g/mol. The Morgan fingerprint density at radius 3 is 2.53 bits per heavy atom. The molecule has 3 N–H and O–H groups in total. The number of nitrogens with two attached hydrogens (primary N) is 1. The molecule has 0 radical (unpaired) electrons. The van der Waals surface area contributed by atoms with E-state index in [-0.39, 0.29) is 5.56 Å². The van der Waals surface area contributed by atoms with E-state index in [0.717, 1.165) is 10.0 Å². The van der Waals surface area contributed by atoms with Crippen LogP contribution < -0.4 is 11.1 Å². The molecule has 0 fully saturated rings. The van der Waals surface area contributed by atoms with E-state index in [9.17, 15) is 9.18 Å². The zero-order chi connectivity index (χ0) is 13.8. The number of halogens is 2. The number of amides is 1. The maximum atomic E-state index is 13.3. The topological polar surface area (TPSA) is 55.1 Å². The molecule has 3 nitrogen and oxygen atoms in total. The van der Waals surface area contributed by atoms with E-state index in [1.54, 1.807) is 6.07 Å². The van der Waals surface area contributed by atoms with Crippen LogP contribution in [-0.2, 0) is 6.54 Å². The summed E-state index contributed by atoms with van der Waals surface area (Å²) in [5, 5.41) is 3.11. The van der Waals surface area contributed by atoms with Crippen LogP contribution in [0.1, 0.15) is 15.9 Å². The van der Waals surface area contributed by atoms with Crippen LogP contribution in [0.5, 0.6) is 0 Å². The van der Waals surface area contributed by atoms with Crippen LogP contribution in [0.4, 0.5) is 10.1 Å². The van der Waals surface area contributed by atoms with Gasteiger partial charge in [0.25, 0.3) is 5.91 Å². The molecule has 0 aliphatic heterocycles. The largest absolute Gasteiger partial charge is 0.381 e. The second-order valence-electron chi connectivity index (χ2n) is 4.04. The van der Waals surface area contributed by atoms with Crippen LogP contribution in [0.25, 0.3) is 0 Å². The van der Waals surface area contributed by atoms with Gasteiger partial charge in [-0.25, -0.2) is 4.39 Å². The number of carbonyl (C=O) groups excluding carboxylic acids is 1. The maximum absolute atomic E-state index is 13.3. The van der Waals surface area contributed by atoms with Gasteiger partial charge in [-0.05, 0) is 35.9 Å². The standard InChI is InChI=1S/C14H12BrFN2O/c15-10-3-1-9(2-4-10)8-18-11-5-6-13(16)12(7-11)14(17)19/h1-7,18H,8H2,(H2,17,19). The van der Waals surface area contributed by atoms with Gasteiger partial charge in [0.1, 0.15) is 5.82 Å². The molecule has 0 saturated heterocycles. The van der Waals surface area contributed by atoms with Crippen molar-refractivity contribution in [2.45, 2.75) is 6.54 Å². The fourth-order valence-corrected chi connectivity index (χ4v) is 1.89. The van der Waals surface area contributed by atoms with Gasteiger partial charge >= 0.3 is 0 Å². The van der Waals surface area contributed by atoms with Crippen molar-refractivity contribution in [1.82, 2.24) is 0 Å². The third kappa shape index (κ3) is 3.54. The number of carbonyl (C=O) groups is 1. The van der Waals surface area contributed by atoms with Crippen LogP contribution >= 0.6 is 15.9 Å². The van der Waals surface area contributed by atoms with Gasteiger partial charge in [-0.1, -0.05) is 28.1 Å². The third-order valence-electron chi connectivity index (χ3n) is 2.64. The van der Waals surface area contributed by atoms with Gasteiger partial charge in [0.2, 0.25) is 0 Å². The van der Waals surface area contributed by atoms with Crippen LogP contribution in [0.2, 0.25) is 0 Å². The minimum Gasteiger partial charge on any atom is -0.381 e. The van der Waals surface area contributed by atoms with Crippen LogP contribution in [0.15, 0.2) is 46.9 Å². The minimum absolute atomic E-state index is 0.110. The summed E-state index contributed by atoms with van der Waals surface area (Å²) >= 11 is 3.36. The molecular weight excluding hydrogens is 311 g/mol. The summed E-state index contributed by atoms with van der Waals surface area (Å²) in [4.78, 5) is 11.0. The van der Waals surface area contributed by atoms with Crippen LogP contribution in [-0.4, -0.2) is 5.91 Å². The van der Waals surface area contributed by atoms with Crippen molar-refractivity contribution in [3.8, 4) is 0 Å². The number of hydrogen-bond donors (Lipinski definition) is 2. The molecule has 5 heteroatoms. The molecule has 0 spiro atoms. The highest BCUT2D eigenvalue weighted by Crippen LogP contribution is 2.16. The summed E-state index contributed by atoms with van der Waals surface area (Å²) in [6, 6.07) is 12.0. The highest BCUT2D eigenvalue weighted by atomic mass is 79.9. The molecule has 0 heterocycles. The first-order chi connectivity index (χ1) is 9.06. The van der Waals surface area contributed by atoms with Gasteiger partial charge in [0.05, 0.1) is 5.56 Å². The third-order valence-corrected chi connectivity index (χ3v) is 3.17. The van der Waals surface area contributed by atoms with Crippen molar-refractivity contribution in [2.75, 3.05) is 5.32 Å². The molecule has 2 aromatic rings. The Bertz CT molecular complexity index is 599. The first kappa shape index (κ1) is 13.5. The van der Waals surface area contributed by atoms with Gasteiger partial charge in [-0.2, -0.15) is 0 Å². The highest BCUT2D eigenvalue weighted by Gasteiger charge is 2.08. The Hall–Kier alpha value is -1.88. The number of hydrogen-bond acceptors (Lipinski definition) is 2. The quantitative estimate of drug-likeness (QED) is 0.907. The molecule has 0 unspecified atom stereocenters. The summed E-state index contributed by atoms with van der Waals surface area (Å²) < 4.78 is 14.3. The van der Waals surface area contributed by atoms with Gasteiger partial charge in [0.15, 0.2) is 0 Å². The lowest BCUT2D eigenvalue weighted by atomic mass is 10.1. The molecule has 1 amide bonds. The molecule has 0 saturated carbocycles.